The maximum atomic E-state index is 10.6. The average Bonchev–Trinajstić information content (AvgIpc) is 2.03. The Bertz CT molecular complexity index is 238. The Kier molecular flexibility index (Phi) is 2.74. The molecule has 0 saturated heterocycles. The summed E-state index contributed by atoms with van der Waals surface area (Å²) in [5, 5.41) is 10.6. The van der Waals surface area contributed by atoms with Crippen LogP contribution in [0.25, 0.3) is 0 Å². The van der Waals surface area contributed by atoms with E-state index in [0.717, 1.165) is 12.8 Å². The van der Waals surface area contributed by atoms with Crippen LogP contribution < -0.4 is 0 Å². The van der Waals surface area contributed by atoms with Crippen molar-refractivity contribution in [3.8, 4) is 0 Å². The van der Waals surface area contributed by atoms with E-state index in [0.29, 0.717) is 18.0 Å². The Morgan fingerprint density at radius 2 is 2.15 bits per heavy atom. The summed E-state index contributed by atoms with van der Waals surface area (Å²) in [6.07, 6.45) is 4.35. The fourth-order valence-electron chi connectivity index (χ4n) is 1.78. The lowest BCUT2D eigenvalue weighted by Gasteiger charge is -2.31. The molecule has 0 amide bonds. The largest absolute Gasteiger partial charge is 0.259 e. The summed E-state index contributed by atoms with van der Waals surface area (Å²) >= 11 is 0. The van der Waals surface area contributed by atoms with Crippen molar-refractivity contribution >= 4 is 0 Å². The van der Waals surface area contributed by atoms with Crippen molar-refractivity contribution in [2.45, 2.75) is 40.0 Å². The maximum Gasteiger partial charge on any atom is 0.242 e. The number of hydrogen-bond acceptors (Lipinski definition) is 2. The van der Waals surface area contributed by atoms with E-state index >= 15 is 0 Å². The highest BCUT2D eigenvalue weighted by atomic mass is 16.6. The van der Waals surface area contributed by atoms with Gasteiger partial charge in [0.05, 0.1) is 4.92 Å². The predicted octanol–water partition coefficient (Wildman–Crippen LogP) is 2.99. The summed E-state index contributed by atoms with van der Waals surface area (Å²) in [4.78, 5) is 10.3. The van der Waals surface area contributed by atoms with Gasteiger partial charge in [-0.1, -0.05) is 20.8 Å². The van der Waals surface area contributed by atoms with Crippen LogP contribution in [0.4, 0.5) is 0 Å². The monoisotopic (exact) mass is 183 g/mol. The summed E-state index contributed by atoms with van der Waals surface area (Å²) in [6.45, 7) is 6.46. The third-order valence-electron chi connectivity index (χ3n) is 2.81. The van der Waals surface area contributed by atoms with Crippen LogP contribution in [-0.4, -0.2) is 4.92 Å². The molecule has 1 atom stereocenters. The van der Waals surface area contributed by atoms with E-state index in [-0.39, 0.29) is 10.3 Å². The third kappa shape index (κ3) is 2.54. The minimum absolute atomic E-state index is 0.190. The number of nitro groups is 1. The van der Waals surface area contributed by atoms with Crippen LogP contribution in [-0.2, 0) is 0 Å². The summed E-state index contributed by atoms with van der Waals surface area (Å²) < 4.78 is 0. The molecule has 0 bridgehead atoms. The van der Waals surface area contributed by atoms with Crippen molar-refractivity contribution in [2.24, 2.45) is 11.3 Å². The smallest absolute Gasteiger partial charge is 0.242 e. The molecule has 3 heteroatoms. The van der Waals surface area contributed by atoms with E-state index in [1.165, 1.54) is 0 Å². The van der Waals surface area contributed by atoms with E-state index in [9.17, 15) is 10.1 Å². The lowest BCUT2D eigenvalue weighted by molar-refractivity contribution is -0.430. The number of hydrogen-bond donors (Lipinski definition) is 0. The third-order valence-corrected chi connectivity index (χ3v) is 2.81. The quantitative estimate of drug-likeness (QED) is 0.463. The second-order valence-electron chi connectivity index (χ2n) is 4.80. The first-order chi connectivity index (χ1) is 5.91. The zero-order valence-electron chi connectivity index (χ0n) is 8.54. The second kappa shape index (κ2) is 3.48. The summed E-state index contributed by atoms with van der Waals surface area (Å²) in [6, 6.07) is 0. The first kappa shape index (κ1) is 10.2. The average molecular weight is 183 g/mol. The summed E-state index contributed by atoms with van der Waals surface area (Å²) in [5.41, 5.74) is 0.598. The molecule has 3 nitrogen and oxygen atoms in total. The molecular formula is C10H17NO2. The van der Waals surface area contributed by atoms with Gasteiger partial charge >= 0.3 is 0 Å². The molecule has 0 fully saturated rings. The molecule has 0 heterocycles. The van der Waals surface area contributed by atoms with Gasteiger partial charge in [-0.2, -0.15) is 0 Å². The second-order valence-corrected chi connectivity index (χ2v) is 4.80. The lowest BCUT2D eigenvalue weighted by Crippen LogP contribution is -2.24. The van der Waals surface area contributed by atoms with Gasteiger partial charge in [-0.25, -0.2) is 0 Å². The highest BCUT2D eigenvalue weighted by molar-refractivity contribution is 5.00. The molecule has 0 aromatic carbocycles. The van der Waals surface area contributed by atoms with Gasteiger partial charge in [0.1, 0.15) is 0 Å². The highest BCUT2D eigenvalue weighted by Gasteiger charge is 2.31. The molecular weight excluding hydrogens is 166 g/mol. The van der Waals surface area contributed by atoms with Gasteiger partial charge in [0.25, 0.3) is 0 Å². The molecule has 0 aromatic heterocycles. The van der Waals surface area contributed by atoms with Gasteiger partial charge in [0.2, 0.25) is 5.70 Å². The van der Waals surface area contributed by atoms with Crippen LogP contribution in [0.5, 0.6) is 0 Å². The Balaban J connectivity index is 2.68. The fourth-order valence-corrected chi connectivity index (χ4v) is 1.78. The molecule has 0 radical (unpaired) electrons. The highest BCUT2D eigenvalue weighted by Crippen LogP contribution is 2.37. The Hall–Kier alpha value is -0.860. The van der Waals surface area contributed by atoms with Crippen molar-refractivity contribution in [2.75, 3.05) is 0 Å². The van der Waals surface area contributed by atoms with Gasteiger partial charge in [0, 0.05) is 6.42 Å². The van der Waals surface area contributed by atoms with E-state index in [1.54, 1.807) is 6.08 Å². The van der Waals surface area contributed by atoms with Crippen molar-refractivity contribution in [1.82, 2.24) is 0 Å². The molecule has 13 heavy (non-hydrogen) atoms. The van der Waals surface area contributed by atoms with Gasteiger partial charge in [0.15, 0.2) is 0 Å². The number of nitrogens with zero attached hydrogens (tertiary/aromatic N) is 1. The van der Waals surface area contributed by atoms with E-state index in [4.69, 9.17) is 0 Å². The minimum Gasteiger partial charge on any atom is -0.259 e. The fraction of sp³-hybridized carbons (Fsp3) is 0.800. The predicted molar refractivity (Wildman–Crippen MR) is 51.9 cm³/mol. The van der Waals surface area contributed by atoms with Crippen LogP contribution in [0, 0.1) is 21.4 Å². The van der Waals surface area contributed by atoms with E-state index < -0.39 is 0 Å². The van der Waals surface area contributed by atoms with Crippen LogP contribution in [0.2, 0.25) is 0 Å². The molecule has 0 aromatic rings. The van der Waals surface area contributed by atoms with Gasteiger partial charge < -0.3 is 0 Å². The van der Waals surface area contributed by atoms with E-state index in [2.05, 4.69) is 20.8 Å². The molecule has 0 saturated carbocycles. The molecule has 1 aliphatic carbocycles. The number of allylic oxidation sites excluding steroid dienone is 2. The topological polar surface area (TPSA) is 43.1 Å². The van der Waals surface area contributed by atoms with Gasteiger partial charge in [-0.3, -0.25) is 10.1 Å². The van der Waals surface area contributed by atoms with E-state index in [1.807, 2.05) is 0 Å². The molecule has 1 rings (SSSR count). The Morgan fingerprint density at radius 1 is 1.54 bits per heavy atom. The molecule has 1 aliphatic rings. The summed E-state index contributed by atoms with van der Waals surface area (Å²) in [7, 11) is 0. The Morgan fingerprint density at radius 3 is 2.62 bits per heavy atom. The van der Waals surface area contributed by atoms with Crippen molar-refractivity contribution in [3.05, 3.63) is 21.9 Å². The summed E-state index contributed by atoms with van der Waals surface area (Å²) in [5.74, 6) is 0.456. The van der Waals surface area contributed by atoms with Gasteiger partial charge in [-0.15, -0.1) is 0 Å². The zero-order valence-corrected chi connectivity index (χ0v) is 8.54. The molecule has 0 aliphatic heterocycles. The van der Waals surface area contributed by atoms with Crippen molar-refractivity contribution < 1.29 is 4.92 Å². The zero-order chi connectivity index (χ0) is 10.1. The molecule has 0 N–H and O–H groups in total. The van der Waals surface area contributed by atoms with Crippen molar-refractivity contribution in [3.63, 3.8) is 0 Å². The number of rotatable bonds is 1. The first-order valence-electron chi connectivity index (χ1n) is 4.74. The maximum absolute atomic E-state index is 10.6. The van der Waals surface area contributed by atoms with Crippen LogP contribution in [0.3, 0.4) is 0 Å². The van der Waals surface area contributed by atoms with Crippen LogP contribution >= 0.6 is 0 Å². The molecule has 0 spiro atoms. The first-order valence-corrected chi connectivity index (χ1v) is 4.74. The van der Waals surface area contributed by atoms with Crippen LogP contribution in [0.1, 0.15) is 40.0 Å². The Labute approximate surface area is 79.0 Å². The SMILES string of the molecule is CC(C)(C)C1CCC=C([N+](=O)[O-])C1. The molecule has 74 valence electrons. The molecule has 1 unspecified atom stereocenters. The normalized spacial score (nSPS) is 23.9. The van der Waals surface area contributed by atoms with Gasteiger partial charge in [-0.05, 0) is 30.3 Å². The van der Waals surface area contributed by atoms with Crippen LogP contribution in [0.15, 0.2) is 11.8 Å². The lowest BCUT2D eigenvalue weighted by atomic mass is 9.73. The minimum atomic E-state index is -0.238. The standard InChI is InChI=1S/C10H17NO2/c1-10(2,3)8-5-4-6-9(7-8)11(12)13/h6,8H,4-5,7H2,1-3H3. The van der Waals surface area contributed by atoms with Crippen molar-refractivity contribution in [1.29, 1.82) is 0 Å².